The molecule has 1 amide bonds. The van der Waals surface area contributed by atoms with Crippen LogP contribution in [-0.2, 0) is 4.79 Å². The van der Waals surface area contributed by atoms with E-state index in [0.29, 0.717) is 26.3 Å². The van der Waals surface area contributed by atoms with Crippen LogP contribution in [0, 0.1) is 6.92 Å². The standard InChI is InChI=1S/C23H27N5O2S2/c1-15-6-5-9-27-19(15)24-20(26-12-10-25(2)11-13-26)17(21(27)29)14-18-22(30)28(23(31)32-18)16-7-3-4-8-16/h5-6,9,14,16H,3-4,7-8,10-13H2,1-2H3/b18-14+. The third-order valence-corrected chi connectivity index (χ3v) is 7.99. The fourth-order valence-corrected chi connectivity index (χ4v) is 6.16. The molecule has 0 spiro atoms. The van der Waals surface area contributed by atoms with Crippen LogP contribution in [0.3, 0.4) is 0 Å². The summed E-state index contributed by atoms with van der Waals surface area (Å²) in [5.74, 6) is 0.577. The van der Waals surface area contributed by atoms with Gasteiger partial charge in [-0.25, -0.2) is 4.98 Å². The lowest BCUT2D eigenvalue weighted by atomic mass is 10.2. The van der Waals surface area contributed by atoms with Crippen LogP contribution in [0.15, 0.2) is 28.0 Å². The average Bonchev–Trinajstić information content (AvgIpc) is 3.39. The minimum absolute atomic E-state index is 0.0787. The predicted octanol–water partition coefficient (Wildman–Crippen LogP) is 2.90. The van der Waals surface area contributed by atoms with Crippen molar-refractivity contribution in [2.24, 2.45) is 0 Å². The van der Waals surface area contributed by atoms with Crippen molar-refractivity contribution >= 4 is 51.7 Å². The molecule has 0 unspecified atom stereocenters. The van der Waals surface area contributed by atoms with Crippen molar-refractivity contribution in [2.45, 2.75) is 38.6 Å². The van der Waals surface area contributed by atoms with Crippen molar-refractivity contribution in [1.82, 2.24) is 19.2 Å². The van der Waals surface area contributed by atoms with E-state index in [1.807, 2.05) is 19.1 Å². The number of aryl methyl sites for hydroxylation is 1. The van der Waals surface area contributed by atoms with E-state index in [-0.39, 0.29) is 17.5 Å². The molecule has 0 bridgehead atoms. The largest absolute Gasteiger partial charge is 0.353 e. The zero-order valence-corrected chi connectivity index (χ0v) is 20.0. The van der Waals surface area contributed by atoms with Gasteiger partial charge in [-0.15, -0.1) is 0 Å². The lowest BCUT2D eigenvalue weighted by Gasteiger charge is -2.34. The molecule has 9 heteroatoms. The third-order valence-electron chi connectivity index (χ3n) is 6.66. The SMILES string of the molecule is Cc1cccn2c(=O)c(/C=C3/SC(=S)N(C4CCCC4)C3=O)c(N3CCN(C)CC3)nc12. The number of nitrogens with zero attached hydrogens (tertiary/aromatic N) is 5. The van der Waals surface area contributed by atoms with Crippen LogP contribution in [0.5, 0.6) is 0 Å². The number of carbonyl (C=O) groups is 1. The minimum Gasteiger partial charge on any atom is -0.353 e. The molecule has 0 radical (unpaired) electrons. The molecular weight excluding hydrogens is 442 g/mol. The first-order valence-corrected chi connectivity index (χ1v) is 12.4. The van der Waals surface area contributed by atoms with Crippen molar-refractivity contribution in [3.05, 3.63) is 44.7 Å². The van der Waals surface area contributed by atoms with Crippen LogP contribution in [0.2, 0.25) is 0 Å². The highest BCUT2D eigenvalue weighted by Gasteiger charge is 2.38. The Morgan fingerprint density at radius 2 is 1.88 bits per heavy atom. The number of thiocarbonyl (C=S) groups is 1. The van der Waals surface area contributed by atoms with Crippen molar-refractivity contribution in [1.29, 1.82) is 0 Å². The number of thioether (sulfide) groups is 1. The summed E-state index contributed by atoms with van der Waals surface area (Å²) in [7, 11) is 2.10. The van der Waals surface area contributed by atoms with Gasteiger partial charge in [0.15, 0.2) is 0 Å². The third kappa shape index (κ3) is 3.76. The van der Waals surface area contributed by atoms with Gasteiger partial charge in [-0.05, 0) is 44.5 Å². The topological polar surface area (TPSA) is 61.2 Å². The summed E-state index contributed by atoms with van der Waals surface area (Å²) in [5.41, 5.74) is 1.91. The maximum atomic E-state index is 13.6. The summed E-state index contributed by atoms with van der Waals surface area (Å²) < 4.78 is 2.18. The van der Waals surface area contributed by atoms with E-state index in [1.54, 1.807) is 21.6 Å². The second-order valence-electron chi connectivity index (χ2n) is 8.82. The summed E-state index contributed by atoms with van der Waals surface area (Å²) in [5, 5.41) is 0. The van der Waals surface area contributed by atoms with Gasteiger partial charge in [0.1, 0.15) is 15.8 Å². The Labute approximate surface area is 197 Å². The molecule has 2 aromatic rings. The zero-order valence-electron chi connectivity index (χ0n) is 18.4. The number of amides is 1. The van der Waals surface area contributed by atoms with Gasteiger partial charge in [0.2, 0.25) is 0 Å². The molecule has 3 aliphatic rings. The van der Waals surface area contributed by atoms with Gasteiger partial charge in [0.05, 0.1) is 10.5 Å². The van der Waals surface area contributed by atoms with Crippen molar-refractivity contribution in [2.75, 3.05) is 38.1 Å². The molecule has 1 saturated carbocycles. The molecule has 32 heavy (non-hydrogen) atoms. The summed E-state index contributed by atoms with van der Waals surface area (Å²) in [4.78, 5) is 38.5. The number of piperazine rings is 1. The van der Waals surface area contributed by atoms with Gasteiger partial charge < -0.3 is 9.80 Å². The van der Waals surface area contributed by atoms with Gasteiger partial charge in [-0.3, -0.25) is 18.9 Å². The van der Waals surface area contributed by atoms with Crippen LogP contribution < -0.4 is 10.5 Å². The lowest BCUT2D eigenvalue weighted by Crippen LogP contribution is -2.45. The number of fused-ring (bicyclic) bond motifs is 1. The molecule has 0 N–H and O–H groups in total. The molecular formula is C23H27N5O2S2. The monoisotopic (exact) mass is 469 g/mol. The number of carbonyl (C=O) groups excluding carboxylic acids is 1. The second-order valence-corrected chi connectivity index (χ2v) is 10.5. The van der Waals surface area contributed by atoms with Gasteiger partial charge in [-0.2, -0.15) is 0 Å². The van der Waals surface area contributed by atoms with Crippen LogP contribution >= 0.6 is 24.0 Å². The number of hydrogen-bond donors (Lipinski definition) is 0. The highest BCUT2D eigenvalue weighted by molar-refractivity contribution is 8.26. The minimum atomic E-state index is -0.154. The predicted molar refractivity (Wildman–Crippen MR) is 133 cm³/mol. The molecule has 2 saturated heterocycles. The first kappa shape index (κ1) is 21.6. The zero-order chi connectivity index (χ0) is 22.4. The number of aromatic nitrogens is 2. The lowest BCUT2D eigenvalue weighted by molar-refractivity contribution is -0.123. The highest BCUT2D eigenvalue weighted by Crippen LogP contribution is 2.38. The van der Waals surface area contributed by atoms with E-state index < -0.39 is 0 Å². The van der Waals surface area contributed by atoms with E-state index in [9.17, 15) is 9.59 Å². The average molecular weight is 470 g/mol. The van der Waals surface area contributed by atoms with Crippen LogP contribution in [0.1, 0.15) is 36.8 Å². The Morgan fingerprint density at radius 3 is 2.59 bits per heavy atom. The second kappa shape index (κ2) is 8.61. The van der Waals surface area contributed by atoms with E-state index >= 15 is 0 Å². The fraction of sp³-hybridized carbons (Fsp3) is 0.478. The quantitative estimate of drug-likeness (QED) is 0.506. The molecule has 0 aromatic carbocycles. The van der Waals surface area contributed by atoms with Crippen LogP contribution in [-0.4, -0.2) is 68.7 Å². The Kier molecular flexibility index (Phi) is 5.81. The number of anilines is 1. The van der Waals surface area contributed by atoms with E-state index in [2.05, 4.69) is 16.8 Å². The van der Waals surface area contributed by atoms with Gasteiger partial charge in [0, 0.05) is 38.4 Å². The number of rotatable bonds is 3. The smallest absolute Gasteiger partial charge is 0.267 e. The summed E-state index contributed by atoms with van der Waals surface area (Å²) in [6.45, 7) is 5.34. The van der Waals surface area contributed by atoms with Crippen molar-refractivity contribution < 1.29 is 4.79 Å². The summed E-state index contributed by atoms with van der Waals surface area (Å²) >= 11 is 6.86. The molecule has 4 heterocycles. The van der Waals surface area contributed by atoms with Crippen molar-refractivity contribution in [3.8, 4) is 0 Å². The fourth-order valence-electron chi connectivity index (χ4n) is 4.77. The Morgan fingerprint density at radius 1 is 1.16 bits per heavy atom. The van der Waals surface area contributed by atoms with Gasteiger partial charge in [-0.1, -0.05) is 42.9 Å². The molecule has 2 aliphatic heterocycles. The first-order valence-electron chi connectivity index (χ1n) is 11.2. The van der Waals surface area contributed by atoms with E-state index in [1.165, 1.54) is 11.8 Å². The molecule has 5 rings (SSSR count). The Bertz CT molecular complexity index is 1180. The molecule has 1 aliphatic carbocycles. The molecule has 168 valence electrons. The number of hydrogen-bond acceptors (Lipinski definition) is 7. The summed E-state index contributed by atoms with van der Waals surface area (Å²) in [6.07, 6.45) is 7.71. The van der Waals surface area contributed by atoms with Gasteiger partial charge in [0.25, 0.3) is 11.5 Å². The Hall–Kier alpha value is -2.23. The molecule has 3 fully saturated rings. The number of pyridine rings is 1. The highest BCUT2D eigenvalue weighted by atomic mass is 32.2. The molecule has 2 aromatic heterocycles. The van der Waals surface area contributed by atoms with Gasteiger partial charge >= 0.3 is 0 Å². The first-order chi connectivity index (χ1) is 15.4. The van der Waals surface area contributed by atoms with Crippen LogP contribution in [0.25, 0.3) is 11.7 Å². The van der Waals surface area contributed by atoms with Crippen LogP contribution in [0.4, 0.5) is 5.82 Å². The van der Waals surface area contributed by atoms with E-state index in [0.717, 1.165) is 57.4 Å². The molecule has 0 atom stereocenters. The van der Waals surface area contributed by atoms with Crippen molar-refractivity contribution in [3.63, 3.8) is 0 Å². The maximum absolute atomic E-state index is 13.6. The molecule has 7 nitrogen and oxygen atoms in total. The normalized spacial score (nSPS) is 22.1. The number of likely N-dealkylation sites (N-methyl/N-ethyl adjacent to an activating group) is 1. The maximum Gasteiger partial charge on any atom is 0.267 e. The summed E-state index contributed by atoms with van der Waals surface area (Å²) in [6, 6.07) is 4.00. The van der Waals surface area contributed by atoms with E-state index in [4.69, 9.17) is 17.2 Å². The Balaban J connectivity index is 1.62.